The third-order valence-corrected chi connectivity index (χ3v) is 7.97. The van der Waals surface area contributed by atoms with E-state index >= 15 is 0 Å². The highest BCUT2D eigenvalue weighted by Crippen LogP contribution is 2.31. The second kappa shape index (κ2) is 7.51. The molecule has 160 valence electrons. The summed E-state index contributed by atoms with van der Waals surface area (Å²) >= 11 is 0. The van der Waals surface area contributed by atoms with Crippen molar-refractivity contribution in [3.63, 3.8) is 0 Å². The molecule has 0 bridgehead atoms. The van der Waals surface area contributed by atoms with Crippen LogP contribution < -0.4 is 5.32 Å². The van der Waals surface area contributed by atoms with Gasteiger partial charge in [0.25, 0.3) is 0 Å². The minimum atomic E-state index is -3.23. The largest absolute Gasteiger partial charge is 0.355 e. The molecule has 1 aromatic carbocycles. The van der Waals surface area contributed by atoms with E-state index in [1.165, 1.54) is 0 Å². The Balaban J connectivity index is 1.43. The van der Waals surface area contributed by atoms with Crippen molar-refractivity contribution in [2.75, 3.05) is 18.4 Å². The van der Waals surface area contributed by atoms with Gasteiger partial charge < -0.3 is 10.3 Å². The van der Waals surface area contributed by atoms with E-state index in [-0.39, 0.29) is 0 Å². The first kappa shape index (κ1) is 19.8. The van der Waals surface area contributed by atoms with E-state index < -0.39 is 15.3 Å². The van der Waals surface area contributed by atoms with Crippen LogP contribution in [-0.2, 0) is 10.0 Å². The number of nitrogens with zero attached hydrogens (tertiary/aromatic N) is 3. The summed E-state index contributed by atoms with van der Waals surface area (Å²) < 4.78 is 26.4. The van der Waals surface area contributed by atoms with Gasteiger partial charge in [-0.3, -0.25) is 5.10 Å². The Morgan fingerprint density at radius 2 is 2.06 bits per heavy atom. The van der Waals surface area contributed by atoms with Crippen LogP contribution in [0.15, 0.2) is 48.8 Å². The van der Waals surface area contributed by atoms with Crippen LogP contribution in [0.3, 0.4) is 0 Å². The fourth-order valence-electron chi connectivity index (χ4n) is 3.91. The van der Waals surface area contributed by atoms with Gasteiger partial charge in [-0.15, -0.1) is 0 Å². The SMILES string of the molecule is CC(C)S(=O)(=O)N1CC=C(c2cc3c(Nc4ccc5[nH]ncc5c4)ccnc3[nH]2)CC1. The Morgan fingerprint density at radius 1 is 1.19 bits per heavy atom. The lowest BCUT2D eigenvalue weighted by Crippen LogP contribution is -2.39. The van der Waals surface area contributed by atoms with E-state index in [4.69, 9.17) is 0 Å². The van der Waals surface area contributed by atoms with Crippen LogP contribution in [0.5, 0.6) is 0 Å². The molecule has 0 saturated carbocycles. The van der Waals surface area contributed by atoms with Crippen molar-refractivity contribution < 1.29 is 8.42 Å². The van der Waals surface area contributed by atoms with E-state index in [2.05, 4.69) is 31.5 Å². The predicted molar refractivity (Wildman–Crippen MR) is 124 cm³/mol. The molecule has 0 fully saturated rings. The van der Waals surface area contributed by atoms with Crippen molar-refractivity contribution in [2.45, 2.75) is 25.5 Å². The van der Waals surface area contributed by atoms with Crippen molar-refractivity contribution in [3.05, 3.63) is 54.5 Å². The first-order valence-corrected chi connectivity index (χ1v) is 11.8. The van der Waals surface area contributed by atoms with Crippen LogP contribution in [0.2, 0.25) is 0 Å². The first-order valence-electron chi connectivity index (χ1n) is 10.3. The minimum Gasteiger partial charge on any atom is -0.355 e. The highest BCUT2D eigenvalue weighted by atomic mass is 32.2. The number of fused-ring (bicyclic) bond motifs is 2. The summed E-state index contributed by atoms with van der Waals surface area (Å²) in [4.78, 5) is 7.86. The van der Waals surface area contributed by atoms with Gasteiger partial charge in [0.2, 0.25) is 10.0 Å². The lowest BCUT2D eigenvalue weighted by Gasteiger charge is -2.27. The molecule has 0 aliphatic carbocycles. The molecule has 5 rings (SSSR count). The zero-order chi connectivity index (χ0) is 21.6. The van der Waals surface area contributed by atoms with Crippen molar-refractivity contribution in [1.29, 1.82) is 0 Å². The Morgan fingerprint density at radius 3 is 2.84 bits per heavy atom. The standard InChI is InChI=1S/C22H24N6O2S/c1-14(2)31(29,30)28-9-6-15(7-10-28)21-12-18-20(5-8-23-22(18)26-21)25-17-3-4-19-16(11-17)13-24-27-19/h3-6,8,11-14H,7,9-10H2,1-2H3,(H,24,27)(H2,23,25,26). The van der Waals surface area contributed by atoms with Gasteiger partial charge >= 0.3 is 0 Å². The number of pyridine rings is 1. The summed E-state index contributed by atoms with van der Waals surface area (Å²) in [5.74, 6) is 0. The van der Waals surface area contributed by atoms with Gasteiger partial charge in [-0.1, -0.05) is 6.08 Å². The number of nitrogens with one attached hydrogen (secondary N) is 3. The summed E-state index contributed by atoms with van der Waals surface area (Å²) in [5.41, 5.74) is 5.79. The van der Waals surface area contributed by atoms with E-state index in [1.807, 2.05) is 30.3 Å². The number of benzene rings is 1. The molecule has 1 aliphatic rings. The van der Waals surface area contributed by atoms with Crippen LogP contribution in [0, 0.1) is 0 Å². The minimum absolute atomic E-state index is 0.397. The van der Waals surface area contributed by atoms with E-state index in [0.717, 1.165) is 44.6 Å². The van der Waals surface area contributed by atoms with Gasteiger partial charge in [-0.2, -0.15) is 9.40 Å². The van der Waals surface area contributed by atoms with Gasteiger partial charge in [0, 0.05) is 41.4 Å². The third-order valence-electron chi connectivity index (χ3n) is 5.72. The lowest BCUT2D eigenvalue weighted by atomic mass is 10.1. The molecule has 8 nitrogen and oxygen atoms in total. The Labute approximate surface area is 180 Å². The molecule has 0 amide bonds. The number of H-pyrrole nitrogens is 2. The highest BCUT2D eigenvalue weighted by Gasteiger charge is 2.27. The van der Waals surface area contributed by atoms with Gasteiger partial charge in [0.1, 0.15) is 5.65 Å². The second-order valence-corrected chi connectivity index (χ2v) is 10.5. The zero-order valence-corrected chi connectivity index (χ0v) is 18.2. The zero-order valence-electron chi connectivity index (χ0n) is 17.4. The number of rotatable bonds is 5. The van der Waals surface area contributed by atoms with E-state index in [1.54, 1.807) is 30.5 Å². The molecule has 9 heteroatoms. The fourth-order valence-corrected chi connectivity index (χ4v) is 5.13. The Kier molecular flexibility index (Phi) is 4.79. The first-order chi connectivity index (χ1) is 14.9. The molecule has 0 atom stereocenters. The van der Waals surface area contributed by atoms with Gasteiger partial charge in [-0.05, 0) is 56.2 Å². The predicted octanol–water partition coefficient (Wildman–Crippen LogP) is 4.01. The van der Waals surface area contributed by atoms with Crippen LogP contribution in [0.4, 0.5) is 11.4 Å². The molecule has 0 radical (unpaired) electrons. The topological polar surface area (TPSA) is 107 Å². The Hall–Kier alpha value is -3.17. The van der Waals surface area contributed by atoms with Crippen molar-refractivity contribution >= 4 is 48.9 Å². The average Bonchev–Trinajstić information content (AvgIpc) is 3.41. The number of hydrogen-bond acceptors (Lipinski definition) is 5. The highest BCUT2D eigenvalue weighted by molar-refractivity contribution is 7.89. The molecule has 4 aromatic rings. The third kappa shape index (κ3) is 3.60. The maximum absolute atomic E-state index is 12.4. The summed E-state index contributed by atoms with van der Waals surface area (Å²) in [5, 5.41) is 12.1. The molecular weight excluding hydrogens is 412 g/mol. The van der Waals surface area contributed by atoms with Crippen molar-refractivity contribution in [2.24, 2.45) is 0 Å². The molecule has 0 saturated heterocycles. The normalized spacial score (nSPS) is 15.6. The van der Waals surface area contributed by atoms with Crippen LogP contribution in [0.1, 0.15) is 26.0 Å². The van der Waals surface area contributed by atoms with Gasteiger partial charge in [-0.25, -0.2) is 13.4 Å². The van der Waals surface area contributed by atoms with Gasteiger partial charge in [0.15, 0.2) is 0 Å². The molecule has 4 heterocycles. The van der Waals surface area contributed by atoms with Crippen LogP contribution in [0.25, 0.3) is 27.5 Å². The quantitative estimate of drug-likeness (QED) is 0.438. The summed E-state index contributed by atoms with van der Waals surface area (Å²) in [6, 6.07) is 10.1. The summed E-state index contributed by atoms with van der Waals surface area (Å²) in [6.45, 7) is 4.33. The Bertz CT molecular complexity index is 1400. The van der Waals surface area contributed by atoms with Crippen molar-refractivity contribution in [3.8, 4) is 0 Å². The number of hydrogen-bond donors (Lipinski definition) is 3. The van der Waals surface area contributed by atoms with Crippen LogP contribution >= 0.6 is 0 Å². The van der Waals surface area contributed by atoms with Gasteiger partial charge in [0.05, 0.1) is 22.7 Å². The van der Waals surface area contributed by atoms with Crippen LogP contribution in [-0.4, -0.2) is 51.2 Å². The molecule has 0 unspecified atom stereocenters. The molecule has 3 aromatic heterocycles. The molecule has 31 heavy (non-hydrogen) atoms. The summed E-state index contributed by atoms with van der Waals surface area (Å²) in [6.07, 6.45) is 6.23. The smallest absolute Gasteiger partial charge is 0.216 e. The molecular formula is C22H24N6O2S. The maximum Gasteiger partial charge on any atom is 0.216 e. The molecule has 0 spiro atoms. The average molecular weight is 437 g/mol. The number of anilines is 2. The molecule has 1 aliphatic heterocycles. The number of sulfonamides is 1. The second-order valence-electron chi connectivity index (χ2n) is 8.03. The number of aromatic nitrogens is 4. The van der Waals surface area contributed by atoms with Crippen molar-refractivity contribution in [1.82, 2.24) is 24.5 Å². The lowest BCUT2D eigenvalue weighted by molar-refractivity contribution is 0.435. The number of aromatic amines is 2. The van der Waals surface area contributed by atoms with E-state index in [0.29, 0.717) is 19.5 Å². The fraction of sp³-hybridized carbons (Fsp3) is 0.273. The van der Waals surface area contributed by atoms with E-state index in [9.17, 15) is 8.42 Å². The maximum atomic E-state index is 12.4. The summed E-state index contributed by atoms with van der Waals surface area (Å²) in [7, 11) is -3.23. The monoisotopic (exact) mass is 436 g/mol. The molecule has 3 N–H and O–H groups in total.